The zero-order chi connectivity index (χ0) is 103. The molecule has 0 aliphatic heterocycles. The van der Waals surface area contributed by atoms with Crippen LogP contribution in [0.1, 0.15) is 136 Å². The number of aryl methyl sites for hydroxylation is 2. The Balaban J connectivity index is 0.000000174. The van der Waals surface area contributed by atoms with Crippen molar-refractivity contribution in [3.05, 3.63) is 406 Å². The summed E-state index contributed by atoms with van der Waals surface area (Å²) in [5.74, 6) is -8.51. The summed E-state index contributed by atoms with van der Waals surface area (Å²) in [6, 6.07) is 59.9. The second kappa shape index (κ2) is 43.1. The summed E-state index contributed by atoms with van der Waals surface area (Å²) in [7, 11) is 0. The van der Waals surface area contributed by atoms with Gasteiger partial charge in [0.1, 0.15) is 58.9 Å². The summed E-state index contributed by atoms with van der Waals surface area (Å²) >= 11 is 0. The Morgan fingerprint density at radius 3 is 1.12 bits per heavy atom. The van der Waals surface area contributed by atoms with Gasteiger partial charge in [0, 0.05) is 72.6 Å². The summed E-state index contributed by atoms with van der Waals surface area (Å²) in [6.07, 6.45) is -6.22. The Labute approximate surface area is 866 Å². The molecule has 16 aromatic heterocycles. The first-order valence-corrected chi connectivity index (χ1v) is 40.9. The average molecular weight is 2710 g/mol. The minimum atomic E-state index is -4.70. The summed E-state index contributed by atoms with van der Waals surface area (Å²) in [4.78, 5) is 56.5. The Bertz CT molecular complexity index is 7810. The second-order valence-corrected chi connectivity index (χ2v) is 31.9. The van der Waals surface area contributed by atoms with Crippen LogP contribution in [-0.4, -0.2) is 109 Å². The van der Waals surface area contributed by atoms with Gasteiger partial charge in [0.15, 0.2) is 0 Å². The first-order chi connectivity index (χ1) is 67.5. The van der Waals surface area contributed by atoms with Crippen LogP contribution in [0, 0.1) is 110 Å². The molecule has 742 valence electrons. The molecule has 16 heterocycles. The Kier molecular flexibility index (Phi) is 31.3. The standard InChI is InChI=1S/C32H16F5N5.C24H18F5N5.C22H14F5N5.C20H12F5N7.4Pt/c33-28-16-15-21(30(34)40-28)24-11-5-12-25(38-24)31(22-9-3-1-7-19(22)20-8-2-4-10-23(20)31)26-13-6-14-29(39-26)42-18-17-27(41-42)32(35,36)37;1-13-9-16(15-5-6-20(25)32-22(15)26)30-18(10-13)23(3,4)19-11-14(2)12-21(31-19)34-8-7-17(33-34)24(27,28)29;1-21(2,15-6-3-5-14(28-15)13-9-10-18(23)30-20(13)24)16-7-4-8-19(29-16)32-12-11-17(31-32)22(25,26)27;1-19(2,12-5-8-26-17(28-12)11-3-4-15(21)30-16(11)22)13-6-9-27-18(29-13)32-10-7-14(31-32)20(23,24)25;;;;/h1-14,16-17H;6-7,9-12H,1-4H3;3-8,10-11H,1-2H3;4-9H,1-2H3;;;;/q4*-2;4*+2/i;;1D3;;;;;. The van der Waals surface area contributed by atoms with Crippen molar-refractivity contribution in [1.29, 1.82) is 0 Å². The maximum Gasteiger partial charge on any atom is 2.00 e. The summed E-state index contributed by atoms with van der Waals surface area (Å²) < 4.78 is 295. The van der Waals surface area contributed by atoms with Gasteiger partial charge in [-0.25, -0.2) is 35.1 Å². The zero-order valence-corrected chi connectivity index (χ0v) is 83.0. The number of nitrogens with zero attached hydrogens (tertiary/aromatic N) is 22. The van der Waals surface area contributed by atoms with E-state index >= 15 is 0 Å². The van der Waals surface area contributed by atoms with E-state index in [2.05, 4.69) is 129 Å². The van der Waals surface area contributed by atoms with E-state index in [0.29, 0.717) is 46.3 Å². The molecular formula is C98H60F20N22Pt4. The number of hydrogen-bond acceptors (Lipinski definition) is 18. The van der Waals surface area contributed by atoms with Crippen molar-refractivity contribution < 1.29 is 176 Å². The normalized spacial score (nSPS) is 13.0. The Hall–Kier alpha value is -13.7. The molecule has 46 heteroatoms. The van der Waals surface area contributed by atoms with Gasteiger partial charge in [-0.1, -0.05) is 192 Å². The molecule has 0 saturated carbocycles. The molecule has 0 saturated heterocycles. The van der Waals surface area contributed by atoms with Crippen LogP contribution in [0.5, 0.6) is 0 Å². The van der Waals surface area contributed by atoms with Gasteiger partial charge in [-0.2, -0.15) is 52.7 Å². The van der Waals surface area contributed by atoms with Gasteiger partial charge in [0.05, 0.1) is 51.7 Å². The fourth-order valence-electron chi connectivity index (χ4n) is 14.7. The van der Waals surface area contributed by atoms with E-state index in [1.807, 2.05) is 62.4 Å². The molecule has 0 bridgehead atoms. The number of benzene rings is 2. The molecule has 1 unspecified atom stereocenters. The maximum absolute atomic E-state index is 14.7. The zero-order valence-electron chi connectivity index (χ0n) is 76.9. The predicted octanol–water partition coefficient (Wildman–Crippen LogP) is 21.2. The van der Waals surface area contributed by atoms with Gasteiger partial charge < -0.3 is 28.7 Å². The number of rotatable bonds is 16. The van der Waals surface area contributed by atoms with Crippen molar-refractivity contribution in [2.75, 3.05) is 0 Å². The largest absolute Gasteiger partial charge is 2.00 e. The van der Waals surface area contributed by atoms with E-state index in [0.717, 1.165) is 88.5 Å². The van der Waals surface area contributed by atoms with Gasteiger partial charge in [0.2, 0.25) is 0 Å². The number of alkyl halides is 12. The fourth-order valence-corrected chi connectivity index (χ4v) is 14.7. The fraction of sp³-hybridized carbons (Fsp3) is 0.163. The third-order valence-electron chi connectivity index (χ3n) is 21.6. The quantitative estimate of drug-likeness (QED) is 0.0495. The first-order valence-electron chi connectivity index (χ1n) is 42.4. The average Bonchev–Trinajstić information content (AvgIpc) is 1.53. The van der Waals surface area contributed by atoms with Crippen LogP contribution < -0.4 is 0 Å². The second-order valence-electron chi connectivity index (χ2n) is 31.9. The number of halogens is 20. The van der Waals surface area contributed by atoms with Crippen LogP contribution in [0.25, 0.3) is 79.7 Å². The Morgan fingerprint density at radius 2 is 0.653 bits per heavy atom. The molecule has 1 aliphatic rings. The monoisotopic (exact) mass is 2710 g/mol. The predicted molar refractivity (Wildman–Crippen MR) is 458 cm³/mol. The summed E-state index contributed by atoms with van der Waals surface area (Å²) in [5.41, 5.74) is -2.01. The van der Waals surface area contributed by atoms with Gasteiger partial charge in [-0.15, -0.1) is 48.5 Å². The molecule has 19 rings (SSSR count). The van der Waals surface area contributed by atoms with Crippen molar-refractivity contribution in [2.45, 2.75) is 102 Å². The molecular weight excluding hydrogens is 2650 g/mol. The van der Waals surface area contributed by atoms with Crippen LogP contribution in [0.2, 0.25) is 0 Å². The third kappa shape index (κ3) is 23.1. The van der Waals surface area contributed by atoms with Crippen molar-refractivity contribution in [3.8, 4) is 79.7 Å². The minimum Gasteiger partial charge on any atom is -0.343 e. The molecule has 2 aromatic carbocycles. The number of fused-ring (bicyclic) bond motifs is 3. The van der Waals surface area contributed by atoms with Gasteiger partial charge in [-0.3, -0.25) is 80.2 Å². The molecule has 0 radical (unpaired) electrons. The maximum atomic E-state index is 14.7. The van der Waals surface area contributed by atoms with E-state index < -0.39 is 124 Å². The van der Waals surface area contributed by atoms with E-state index in [4.69, 9.17) is 14.1 Å². The van der Waals surface area contributed by atoms with Crippen LogP contribution in [0.4, 0.5) is 87.8 Å². The molecule has 144 heavy (non-hydrogen) atoms. The van der Waals surface area contributed by atoms with Gasteiger partial charge in [-0.05, 0) is 143 Å². The van der Waals surface area contributed by atoms with E-state index in [9.17, 15) is 87.8 Å². The van der Waals surface area contributed by atoms with Gasteiger partial charge >= 0.3 is 109 Å². The Morgan fingerprint density at radius 1 is 0.299 bits per heavy atom. The third-order valence-corrected chi connectivity index (χ3v) is 21.6. The molecule has 1 aliphatic carbocycles. The van der Waals surface area contributed by atoms with Crippen molar-refractivity contribution in [2.24, 2.45) is 0 Å². The number of aromatic nitrogens is 22. The molecule has 0 amide bonds. The number of pyridine rings is 10. The van der Waals surface area contributed by atoms with Crippen molar-refractivity contribution in [3.63, 3.8) is 0 Å². The topological polar surface area (TPSA) is 252 Å². The van der Waals surface area contributed by atoms with Crippen LogP contribution in [-0.2, 0) is 131 Å². The summed E-state index contributed by atoms with van der Waals surface area (Å²) in [6.45, 7) is 9.33. The molecule has 22 nitrogen and oxygen atoms in total. The molecule has 0 N–H and O–H groups in total. The molecule has 1 atom stereocenters. The number of hydrogen-bond donors (Lipinski definition) is 0. The summed E-state index contributed by atoms with van der Waals surface area (Å²) in [5, 5.41) is 14.0. The van der Waals surface area contributed by atoms with Gasteiger partial charge in [0.25, 0.3) is 0 Å². The van der Waals surface area contributed by atoms with E-state index in [1.165, 1.54) is 61.8 Å². The smallest absolute Gasteiger partial charge is 0.343 e. The van der Waals surface area contributed by atoms with Crippen LogP contribution >= 0.6 is 0 Å². The SMILES string of the molecule is CC(C)(c1ccnc(-c2[c-]cc(F)nc2F)n1)c1ccnc(-n2[c-]cc(C(F)(F)F)n2)n1.Cc1cc(-c2[c-]cc(F)nc2F)nc(C(C)(C)c2cc(C)cc(-n3[c-]cc(C(F)(F)F)n3)n2)c1.Fc1c[c-]c(-c2cccc(C3(c4cccc(-n5[c-]cc(C(F)(F)F)n5)n4)c4ccccc4-c4ccccc43)n2)c(F)n1.[2H]C([2H])([2H])C(C)(c1cccc(-c2[c-]cc(F)nc2F)n1)c1cccc(-n2[c-]cc(C(F)(F)F)n2)n1.[Pt+2].[Pt+2].[Pt+2].[Pt+2]. The van der Waals surface area contributed by atoms with Crippen LogP contribution in [0.3, 0.4) is 0 Å². The van der Waals surface area contributed by atoms with Crippen molar-refractivity contribution >= 4 is 0 Å². The molecule has 18 aromatic rings. The van der Waals surface area contributed by atoms with E-state index in [1.54, 1.807) is 94.4 Å². The minimum absolute atomic E-state index is 0. The first kappa shape index (κ1) is 105. The molecule has 0 spiro atoms. The van der Waals surface area contributed by atoms with E-state index in [-0.39, 0.29) is 164 Å². The van der Waals surface area contributed by atoms with Crippen molar-refractivity contribution in [1.82, 2.24) is 109 Å². The van der Waals surface area contributed by atoms with Crippen LogP contribution in [0.15, 0.2) is 219 Å². The molecule has 0 fully saturated rings.